The number of carbonyl (C=O) groups excluding carboxylic acids is 2. The summed E-state index contributed by atoms with van der Waals surface area (Å²) in [6.45, 7) is 5.56. The van der Waals surface area contributed by atoms with E-state index in [1.165, 1.54) is 7.11 Å². The van der Waals surface area contributed by atoms with Crippen molar-refractivity contribution in [3.05, 3.63) is 77.9 Å². The van der Waals surface area contributed by atoms with Crippen molar-refractivity contribution in [2.24, 2.45) is 0 Å². The third-order valence-electron chi connectivity index (χ3n) is 6.48. The van der Waals surface area contributed by atoms with Gasteiger partial charge in [0.25, 0.3) is 0 Å². The maximum Gasteiger partial charge on any atom is 0.327 e. The highest BCUT2D eigenvalue weighted by Crippen LogP contribution is 2.48. The van der Waals surface area contributed by atoms with Crippen LogP contribution in [0.5, 0.6) is 0 Å². The maximum atomic E-state index is 14.2. The Bertz CT molecular complexity index is 1260. The number of nitrogens with one attached hydrogen (secondary N) is 1. The zero-order valence-corrected chi connectivity index (χ0v) is 20.6. The lowest BCUT2D eigenvalue weighted by molar-refractivity contribution is -0.150. The first-order chi connectivity index (χ1) is 16.2. The fourth-order valence-electron chi connectivity index (χ4n) is 4.76. The van der Waals surface area contributed by atoms with Crippen molar-refractivity contribution in [3.63, 3.8) is 0 Å². The Balaban J connectivity index is 1.92. The van der Waals surface area contributed by atoms with Crippen LogP contribution in [0.1, 0.15) is 37.4 Å². The Morgan fingerprint density at radius 3 is 2.35 bits per heavy atom. The normalized spacial score (nSPS) is 25.1. The second-order valence-electron chi connectivity index (χ2n) is 8.88. The minimum Gasteiger partial charge on any atom is -0.468 e. The standard InChI is InChI=1S/C27H29NO5S/c1-5-33-24(29)26(3)17-27(25(30)32-4,34(31)22-14-10-18(2)11-15-22)23(28-26)21-13-12-19-8-6-7-9-20(19)16-21/h6-16,23,28H,5,17H2,1-4H3/t23-,26-,27-,34+/m0/s1. The van der Waals surface area contributed by atoms with Crippen LogP contribution in [0, 0.1) is 6.92 Å². The molecule has 1 fully saturated rings. The minimum absolute atomic E-state index is 0.0382. The molecule has 0 saturated carbocycles. The summed E-state index contributed by atoms with van der Waals surface area (Å²) < 4.78 is 23.3. The predicted octanol–water partition coefficient (Wildman–Crippen LogP) is 4.22. The molecular formula is C27H29NO5S. The maximum absolute atomic E-state index is 14.2. The number of rotatable bonds is 6. The molecule has 7 heteroatoms. The Morgan fingerprint density at radius 2 is 1.71 bits per heavy atom. The summed E-state index contributed by atoms with van der Waals surface area (Å²) in [7, 11) is -0.546. The molecule has 0 aromatic heterocycles. The van der Waals surface area contributed by atoms with Crippen LogP contribution in [-0.4, -0.2) is 40.2 Å². The summed E-state index contributed by atoms with van der Waals surface area (Å²) in [5.74, 6) is -1.13. The fourth-order valence-corrected chi connectivity index (χ4v) is 6.63. The second kappa shape index (κ2) is 9.31. The van der Waals surface area contributed by atoms with Crippen LogP contribution in [0.15, 0.2) is 71.6 Å². The molecule has 4 atom stereocenters. The van der Waals surface area contributed by atoms with Gasteiger partial charge in [-0.3, -0.25) is 19.1 Å². The zero-order valence-electron chi connectivity index (χ0n) is 19.8. The van der Waals surface area contributed by atoms with Crippen molar-refractivity contribution in [2.45, 2.75) is 48.4 Å². The molecule has 4 rings (SSSR count). The van der Waals surface area contributed by atoms with Crippen molar-refractivity contribution in [3.8, 4) is 0 Å². The summed E-state index contributed by atoms with van der Waals surface area (Å²) in [4.78, 5) is 27.0. The number of hydrogen-bond donors (Lipinski definition) is 1. The first-order valence-corrected chi connectivity index (χ1v) is 12.4. The van der Waals surface area contributed by atoms with Gasteiger partial charge >= 0.3 is 11.9 Å². The number of carbonyl (C=O) groups is 2. The van der Waals surface area contributed by atoms with E-state index in [4.69, 9.17) is 9.47 Å². The monoisotopic (exact) mass is 479 g/mol. The first-order valence-electron chi connectivity index (χ1n) is 11.3. The lowest BCUT2D eigenvalue weighted by Crippen LogP contribution is -2.48. The Morgan fingerprint density at radius 1 is 1.03 bits per heavy atom. The molecule has 0 bridgehead atoms. The number of esters is 2. The second-order valence-corrected chi connectivity index (χ2v) is 10.6. The van der Waals surface area contributed by atoms with Gasteiger partial charge in [-0.15, -0.1) is 0 Å². The topological polar surface area (TPSA) is 81.7 Å². The first kappa shape index (κ1) is 24.1. The number of benzene rings is 3. The lowest BCUT2D eigenvalue weighted by atomic mass is 9.88. The lowest BCUT2D eigenvalue weighted by Gasteiger charge is -2.31. The Kier molecular flexibility index (Phi) is 6.60. The number of methoxy groups -OCH3 is 1. The smallest absolute Gasteiger partial charge is 0.327 e. The molecule has 3 aromatic rings. The van der Waals surface area contributed by atoms with Gasteiger partial charge in [-0.05, 0) is 55.3 Å². The van der Waals surface area contributed by atoms with Crippen LogP contribution in [0.3, 0.4) is 0 Å². The molecule has 0 unspecified atom stereocenters. The van der Waals surface area contributed by atoms with Crippen molar-refractivity contribution < 1.29 is 23.3 Å². The third-order valence-corrected chi connectivity index (χ3v) is 8.38. The summed E-state index contributed by atoms with van der Waals surface area (Å²) >= 11 is 0. The molecule has 34 heavy (non-hydrogen) atoms. The molecule has 1 aliphatic rings. The van der Waals surface area contributed by atoms with E-state index in [9.17, 15) is 13.8 Å². The largest absolute Gasteiger partial charge is 0.468 e. The molecule has 0 amide bonds. The van der Waals surface area contributed by atoms with Crippen LogP contribution in [0.4, 0.5) is 0 Å². The molecule has 3 aromatic carbocycles. The van der Waals surface area contributed by atoms with Crippen LogP contribution in [0.25, 0.3) is 10.8 Å². The minimum atomic E-state index is -1.83. The van der Waals surface area contributed by atoms with E-state index in [-0.39, 0.29) is 13.0 Å². The molecular weight excluding hydrogens is 450 g/mol. The number of fused-ring (bicyclic) bond motifs is 1. The average molecular weight is 480 g/mol. The summed E-state index contributed by atoms with van der Waals surface area (Å²) in [5, 5.41) is 5.35. The molecule has 6 nitrogen and oxygen atoms in total. The van der Waals surface area contributed by atoms with E-state index in [1.807, 2.05) is 61.5 Å². The van der Waals surface area contributed by atoms with Gasteiger partial charge in [0.15, 0.2) is 4.75 Å². The number of hydrogen-bond acceptors (Lipinski definition) is 6. The Hall–Kier alpha value is -3.03. The van der Waals surface area contributed by atoms with Crippen LogP contribution < -0.4 is 5.32 Å². The van der Waals surface area contributed by atoms with Crippen LogP contribution >= 0.6 is 0 Å². The Labute approximate surface area is 202 Å². The van der Waals surface area contributed by atoms with Crippen molar-refractivity contribution >= 4 is 33.5 Å². The molecule has 0 radical (unpaired) electrons. The van der Waals surface area contributed by atoms with E-state index in [0.717, 1.165) is 21.9 Å². The molecule has 178 valence electrons. The quantitative estimate of drug-likeness (QED) is 0.533. The fraction of sp³-hybridized carbons (Fsp3) is 0.333. The van der Waals surface area contributed by atoms with E-state index in [2.05, 4.69) is 5.32 Å². The van der Waals surface area contributed by atoms with Crippen molar-refractivity contribution in [1.82, 2.24) is 5.32 Å². The molecule has 1 N–H and O–H groups in total. The van der Waals surface area contributed by atoms with Gasteiger partial charge < -0.3 is 9.47 Å². The van der Waals surface area contributed by atoms with Gasteiger partial charge in [0.2, 0.25) is 0 Å². The van der Waals surface area contributed by atoms with Gasteiger partial charge in [0.05, 0.1) is 30.6 Å². The van der Waals surface area contributed by atoms with E-state index < -0.39 is 39.1 Å². The van der Waals surface area contributed by atoms with Crippen molar-refractivity contribution in [1.29, 1.82) is 0 Å². The SMILES string of the molecule is CCOC(=O)[C@]1(C)C[C@](C(=O)OC)([S@](=O)c2ccc(C)cc2)[C@H](c2ccc3ccccc3c2)N1. The van der Waals surface area contributed by atoms with Crippen molar-refractivity contribution in [2.75, 3.05) is 13.7 Å². The van der Waals surface area contributed by atoms with Gasteiger partial charge in [-0.25, -0.2) is 0 Å². The number of ether oxygens (including phenoxy) is 2. The number of aryl methyl sites for hydroxylation is 1. The van der Waals surface area contributed by atoms with Gasteiger partial charge in [-0.1, -0.05) is 54.1 Å². The van der Waals surface area contributed by atoms with Gasteiger partial charge in [-0.2, -0.15) is 0 Å². The zero-order chi connectivity index (χ0) is 24.5. The summed E-state index contributed by atoms with van der Waals surface area (Å²) in [5.41, 5.74) is 0.526. The molecule has 0 aliphatic carbocycles. The summed E-state index contributed by atoms with van der Waals surface area (Å²) in [6.07, 6.45) is -0.0382. The van der Waals surface area contributed by atoms with E-state index in [0.29, 0.717) is 4.90 Å². The van der Waals surface area contributed by atoms with Gasteiger partial charge in [0, 0.05) is 11.3 Å². The molecule has 1 saturated heterocycles. The molecule has 1 heterocycles. The molecule has 1 aliphatic heterocycles. The van der Waals surface area contributed by atoms with Crippen LogP contribution in [0.2, 0.25) is 0 Å². The third kappa shape index (κ3) is 4.03. The summed E-state index contributed by atoms with van der Waals surface area (Å²) in [6, 6.07) is 20.2. The van der Waals surface area contributed by atoms with Crippen LogP contribution in [-0.2, 0) is 29.9 Å². The van der Waals surface area contributed by atoms with E-state index >= 15 is 0 Å². The molecule has 0 spiro atoms. The average Bonchev–Trinajstić information content (AvgIpc) is 3.19. The van der Waals surface area contributed by atoms with E-state index in [1.54, 1.807) is 26.0 Å². The highest BCUT2D eigenvalue weighted by molar-refractivity contribution is 7.87. The highest BCUT2D eigenvalue weighted by atomic mass is 32.2. The predicted molar refractivity (Wildman–Crippen MR) is 132 cm³/mol. The highest BCUT2D eigenvalue weighted by Gasteiger charge is 2.65. The van der Waals surface area contributed by atoms with Gasteiger partial charge in [0.1, 0.15) is 5.54 Å².